The number of methoxy groups -OCH3 is 1. The van der Waals surface area contributed by atoms with E-state index in [1.54, 1.807) is 19.3 Å². The number of ether oxygens (including phenoxy) is 1. The summed E-state index contributed by atoms with van der Waals surface area (Å²) in [5.74, 6) is 0.309. The molecule has 0 aliphatic carbocycles. The second-order valence-electron chi connectivity index (χ2n) is 3.84. The van der Waals surface area contributed by atoms with E-state index in [0.29, 0.717) is 11.5 Å². The van der Waals surface area contributed by atoms with Gasteiger partial charge in [0.2, 0.25) is 0 Å². The second-order valence-corrected chi connectivity index (χ2v) is 5.46. The largest absolute Gasteiger partial charge is 0.469 e. The summed E-state index contributed by atoms with van der Waals surface area (Å²) in [6.45, 7) is 1.73. The Hall–Kier alpha value is -1.23. The molecule has 1 aromatic heterocycles. The van der Waals surface area contributed by atoms with E-state index >= 15 is 0 Å². The van der Waals surface area contributed by atoms with E-state index in [1.807, 2.05) is 12.1 Å². The van der Waals surface area contributed by atoms with Gasteiger partial charge in [-0.15, -0.1) is 0 Å². The molecule has 1 aromatic rings. The number of carbonyl (C=O) groups is 1. The summed E-state index contributed by atoms with van der Waals surface area (Å²) in [5.41, 5.74) is 1.11. The first-order chi connectivity index (χ1) is 8.13. The summed E-state index contributed by atoms with van der Waals surface area (Å²) in [6, 6.07) is 3.81. The molecule has 2 atom stereocenters. The van der Waals surface area contributed by atoms with Crippen molar-refractivity contribution in [2.45, 2.75) is 13.3 Å². The van der Waals surface area contributed by atoms with Gasteiger partial charge in [-0.2, -0.15) is 0 Å². The molecule has 0 N–H and O–H groups in total. The molecule has 0 spiro atoms. The van der Waals surface area contributed by atoms with Crippen LogP contribution in [0, 0.1) is 5.92 Å². The molecule has 0 amide bonds. The molecule has 4 nitrogen and oxygen atoms in total. The van der Waals surface area contributed by atoms with Crippen LogP contribution in [0.25, 0.3) is 0 Å². The van der Waals surface area contributed by atoms with E-state index in [2.05, 4.69) is 9.72 Å². The zero-order valence-electron chi connectivity index (χ0n) is 10.1. The van der Waals surface area contributed by atoms with Gasteiger partial charge in [0.05, 0.1) is 13.0 Å². The van der Waals surface area contributed by atoms with Crippen LogP contribution >= 0.6 is 0 Å². The fraction of sp³-hybridized carbons (Fsp3) is 0.500. The van der Waals surface area contributed by atoms with Crippen molar-refractivity contribution in [1.29, 1.82) is 0 Å². The maximum atomic E-state index is 11.7. The molecule has 2 unspecified atom stereocenters. The SMILES string of the molecule is COC(=O)C(C)CS(=O)CCc1ccncc1. The van der Waals surface area contributed by atoms with Gasteiger partial charge < -0.3 is 4.74 Å². The maximum absolute atomic E-state index is 11.7. The summed E-state index contributed by atoms with van der Waals surface area (Å²) in [7, 11) is 0.352. The Labute approximate surface area is 104 Å². The number of aromatic nitrogens is 1. The van der Waals surface area contributed by atoms with Crippen molar-refractivity contribution in [3.05, 3.63) is 30.1 Å². The molecule has 0 fully saturated rings. The van der Waals surface area contributed by atoms with Crippen molar-refractivity contribution >= 4 is 16.8 Å². The Morgan fingerprint density at radius 3 is 2.71 bits per heavy atom. The molecular weight excluding hydrogens is 238 g/mol. The van der Waals surface area contributed by atoms with E-state index in [4.69, 9.17) is 0 Å². The average Bonchev–Trinajstić information content (AvgIpc) is 2.36. The molecule has 5 heteroatoms. The molecule has 0 saturated carbocycles. The predicted molar refractivity (Wildman–Crippen MR) is 67.0 cm³/mol. The van der Waals surface area contributed by atoms with Crippen LogP contribution in [0.3, 0.4) is 0 Å². The van der Waals surface area contributed by atoms with Gasteiger partial charge in [0.25, 0.3) is 0 Å². The number of esters is 1. The third-order valence-corrected chi connectivity index (χ3v) is 3.94. The average molecular weight is 255 g/mol. The Bertz CT molecular complexity index is 381. The lowest BCUT2D eigenvalue weighted by Gasteiger charge is -2.08. The molecule has 0 aliphatic heterocycles. The molecule has 0 radical (unpaired) electrons. The van der Waals surface area contributed by atoms with Crippen LogP contribution in [-0.2, 0) is 26.8 Å². The molecule has 0 bridgehead atoms. The van der Waals surface area contributed by atoms with Gasteiger partial charge in [-0.25, -0.2) is 0 Å². The first kappa shape index (κ1) is 13.8. The molecule has 94 valence electrons. The highest BCUT2D eigenvalue weighted by Crippen LogP contribution is 2.04. The molecule has 1 heterocycles. The number of nitrogens with zero attached hydrogens (tertiary/aromatic N) is 1. The molecule has 0 aromatic carbocycles. The normalized spacial score (nSPS) is 14.0. The molecule has 1 rings (SSSR count). The number of pyridine rings is 1. The van der Waals surface area contributed by atoms with Crippen molar-refractivity contribution < 1.29 is 13.7 Å². The van der Waals surface area contributed by atoms with Crippen LogP contribution in [0.4, 0.5) is 0 Å². The Kier molecular flexibility index (Phi) is 5.83. The van der Waals surface area contributed by atoms with Gasteiger partial charge in [0.1, 0.15) is 0 Å². The minimum Gasteiger partial charge on any atom is -0.469 e. The molecular formula is C12H17NO3S. The summed E-state index contributed by atoms with van der Waals surface area (Å²) in [4.78, 5) is 15.1. The monoisotopic (exact) mass is 255 g/mol. The van der Waals surface area contributed by atoms with Gasteiger partial charge in [-0.05, 0) is 24.1 Å². The molecule has 17 heavy (non-hydrogen) atoms. The number of rotatable bonds is 6. The van der Waals surface area contributed by atoms with Crippen molar-refractivity contribution in [3.8, 4) is 0 Å². The summed E-state index contributed by atoms with van der Waals surface area (Å²) >= 11 is 0. The lowest BCUT2D eigenvalue weighted by atomic mass is 10.2. The fourth-order valence-electron chi connectivity index (χ4n) is 1.41. The Morgan fingerprint density at radius 2 is 2.12 bits per heavy atom. The first-order valence-corrected chi connectivity index (χ1v) is 6.94. The van der Waals surface area contributed by atoms with Gasteiger partial charge in [0, 0.05) is 34.7 Å². The standard InChI is InChI=1S/C12H17NO3S/c1-10(12(14)16-2)9-17(15)8-5-11-3-6-13-7-4-11/h3-4,6-7,10H,5,8-9H2,1-2H3. The third kappa shape index (κ3) is 5.08. The van der Waals surface area contributed by atoms with E-state index < -0.39 is 10.8 Å². The predicted octanol–water partition coefficient (Wildman–Crippen LogP) is 1.18. The zero-order valence-corrected chi connectivity index (χ0v) is 10.9. The Balaban J connectivity index is 2.33. The highest BCUT2D eigenvalue weighted by Gasteiger charge is 2.16. The quantitative estimate of drug-likeness (QED) is 0.716. The van der Waals surface area contributed by atoms with Crippen LogP contribution in [0.1, 0.15) is 12.5 Å². The summed E-state index contributed by atoms with van der Waals surface area (Å²) in [5, 5.41) is 0. The van der Waals surface area contributed by atoms with E-state index in [0.717, 1.165) is 12.0 Å². The van der Waals surface area contributed by atoms with Gasteiger partial charge in [-0.3, -0.25) is 14.0 Å². The van der Waals surface area contributed by atoms with Crippen molar-refractivity contribution in [2.75, 3.05) is 18.6 Å². The van der Waals surface area contributed by atoms with E-state index in [9.17, 15) is 9.00 Å². The van der Waals surface area contributed by atoms with Crippen LogP contribution in [-0.4, -0.2) is 33.8 Å². The van der Waals surface area contributed by atoms with Crippen LogP contribution in [0.15, 0.2) is 24.5 Å². The van der Waals surface area contributed by atoms with Gasteiger partial charge >= 0.3 is 5.97 Å². The Morgan fingerprint density at radius 1 is 1.47 bits per heavy atom. The van der Waals surface area contributed by atoms with Gasteiger partial charge in [0.15, 0.2) is 0 Å². The van der Waals surface area contributed by atoms with Crippen LogP contribution < -0.4 is 0 Å². The molecule has 0 saturated heterocycles. The highest BCUT2D eigenvalue weighted by molar-refractivity contribution is 7.85. The number of hydrogen-bond acceptors (Lipinski definition) is 4. The van der Waals surface area contributed by atoms with E-state index in [1.165, 1.54) is 7.11 Å². The topological polar surface area (TPSA) is 56.3 Å². The lowest BCUT2D eigenvalue weighted by Crippen LogP contribution is -2.21. The molecule has 0 aliphatic rings. The summed E-state index contributed by atoms with van der Waals surface area (Å²) < 4.78 is 16.3. The maximum Gasteiger partial charge on any atom is 0.309 e. The van der Waals surface area contributed by atoms with Crippen LogP contribution in [0.2, 0.25) is 0 Å². The summed E-state index contributed by atoms with van der Waals surface area (Å²) in [6.07, 6.45) is 4.17. The smallest absolute Gasteiger partial charge is 0.309 e. The van der Waals surface area contributed by atoms with E-state index in [-0.39, 0.29) is 11.9 Å². The number of hydrogen-bond donors (Lipinski definition) is 0. The van der Waals surface area contributed by atoms with Crippen molar-refractivity contribution in [2.24, 2.45) is 5.92 Å². The van der Waals surface area contributed by atoms with Crippen molar-refractivity contribution in [3.63, 3.8) is 0 Å². The van der Waals surface area contributed by atoms with Crippen molar-refractivity contribution in [1.82, 2.24) is 4.98 Å². The highest BCUT2D eigenvalue weighted by atomic mass is 32.2. The minimum absolute atomic E-state index is 0.303. The first-order valence-electron chi connectivity index (χ1n) is 5.45. The number of carbonyl (C=O) groups excluding carboxylic acids is 1. The lowest BCUT2D eigenvalue weighted by molar-refractivity contribution is -0.144. The second kappa shape index (κ2) is 7.17. The third-order valence-electron chi connectivity index (χ3n) is 2.41. The fourth-order valence-corrected chi connectivity index (χ4v) is 2.74. The minimum atomic E-state index is -0.994. The number of aryl methyl sites for hydroxylation is 1. The zero-order chi connectivity index (χ0) is 12.7. The van der Waals surface area contributed by atoms with Crippen LogP contribution in [0.5, 0.6) is 0 Å². The van der Waals surface area contributed by atoms with Gasteiger partial charge in [-0.1, -0.05) is 6.92 Å².